The highest BCUT2D eigenvalue weighted by molar-refractivity contribution is 14.1. The Kier molecular flexibility index (Phi) is 3.15. The maximum atomic E-state index is 4.41. The summed E-state index contributed by atoms with van der Waals surface area (Å²) in [5, 5.41) is 0. The van der Waals surface area contributed by atoms with Crippen molar-refractivity contribution in [3.8, 4) is 0 Å². The van der Waals surface area contributed by atoms with Crippen LogP contribution in [0.1, 0.15) is 11.3 Å². The SMILES string of the molecule is Ic1ccc(/C(=C2/C=CC=N2)c2ccc[nH]2)cc1. The molecule has 1 N–H and O–H groups in total. The highest BCUT2D eigenvalue weighted by Gasteiger charge is 2.11. The lowest BCUT2D eigenvalue weighted by Gasteiger charge is -2.08. The second-order valence-electron chi connectivity index (χ2n) is 3.99. The van der Waals surface area contributed by atoms with Gasteiger partial charge in [-0.15, -0.1) is 0 Å². The normalized spacial score (nSPS) is 16.3. The summed E-state index contributed by atoms with van der Waals surface area (Å²) in [6, 6.07) is 12.6. The van der Waals surface area contributed by atoms with E-state index >= 15 is 0 Å². The number of hydrogen-bond donors (Lipinski definition) is 1. The van der Waals surface area contributed by atoms with Gasteiger partial charge in [0, 0.05) is 27.2 Å². The second kappa shape index (κ2) is 4.94. The highest BCUT2D eigenvalue weighted by Crippen LogP contribution is 2.28. The van der Waals surface area contributed by atoms with Gasteiger partial charge in [0.05, 0.1) is 5.70 Å². The van der Waals surface area contributed by atoms with E-state index < -0.39 is 0 Å². The summed E-state index contributed by atoms with van der Waals surface area (Å²) in [6.07, 6.45) is 7.76. The number of H-pyrrole nitrogens is 1. The first-order valence-corrected chi connectivity index (χ1v) is 6.77. The molecule has 0 spiro atoms. The predicted molar refractivity (Wildman–Crippen MR) is 83.6 cm³/mol. The number of rotatable bonds is 2. The Hall–Kier alpha value is -1.62. The first kappa shape index (κ1) is 11.5. The number of hydrogen-bond acceptors (Lipinski definition) is 1. The Morgan fingerprint density at radius 3 is 2.56 bits per heavy atom. The molecule has 1 aromatic carbocycles. The third kappa shape index (κ3) is 2.18. The standard InChI is InChI=1S/C15H11IN2/c16-12-7-5-11(6-8-12)15(13-3-1-9-17-13)14-4-2-10-18-14/h1-10,17H/b15-14+. The summed E-state index contributed by atoms with van der Waals surface area (Å²) in [4.78, 5) is 7.67. The van der Waals surface area contributed by atoms with Crippen LogP contribution >= 0.6 is 22.6 Å². The van der Waals surface area contributed by atoms with Crippen molar-refractivity contribution < 1.29 is 0 Å². The molecule has 0 amide bonds. The minimum Gasteiger partial charge on any atom is -0.361 e. The molecule has 2 heterocycles. The lowest BCUT2D eigenvalue weighted by molar-refractivity contribution is 1.32. The first-order chi connectivity index (χ1) is 8.84. The lowest BCUT2D eigenvalue weighted by Crippen LogP contribution is -1.91. The van der Waals surface area contributed by atoms with Crippen molar-refractivity contribution in [2.45, 2.75) is 0 Å². The molecule has 0 saturated carbocycles. The van der Waals surface area contributed by atoms with Gasteiger partial charge in [0.2, 0.25) is 0 Å². The summed E-state index contributed by atoms with van der Waals surface area (Å²) in [5.74, 6) is 0. The van der Waals surface area contributed by atoms with Gasteiger partial charge in [0.1, 0.15) is 0 Å². The second-order valence-corrected chi connectivity index (χ2v) is 5.23. The fourth-order valence-corrected chi connectivity index (χ4v) is 2.35. The molecule has 2 nitrogen and oxygen atoms in total. The number of nitrogens with zero attached hydrogens (tertiary/aromatic N) is 1. The number of aliphatic imine (C=N–C) groups is 1. The van der Waals surface area contributed by atoms with E-state index in [1.807, 2.05) is 30.6 Å². The molecule has 0 fully saturated rings. The maximum absolute atomic E-state index is 4.41. The van der Waals surface area contributed by atoms with Gasteiger partial charge < -0.3 is 4.98 Å². The van der Waals surface area contributed by atoms with Crippen LogP contribution in [0, 0.1) is 3.57 Å². The monoisotopic (exact) mass is 346 g/mol. The Morgan fingerprint density at radius 2 is 1.94 bits per heavy atom. The molecule has 0 atom stereocenters. The van der Waals surface area contributed by atoms with Crippen LogP contribution in [0.4, 0.5) is 0 Å². The van der Waals surface area contributed by atoms with Gasteiger partial charge in [0.25, 0.3) is 0 Å². The lowest BCUT2D eigenvalue weighted by atomic mass is 10.0. The molecule has 3 heteroatoms. The number of aromatic nitrogens is 1. The third-order valence-electron chi connectivity index (χ3n) is 2.81. The van der Waals surface area contributed by atoms with Crippen molar-refractivity contribution in [2.75, 3.05) is 0 Å². The van der Waals surface area contributed by atoms with Crippen LogP contribution in [0.15, 0.2) is 65.4 Å². The number of benzene rings is 1. The van der Waals surface area contributed by atoms with Crippen molar-refractivity contribution in [1.82, 2.24) is 4.98 Å². The zero-order valence-electron chi connectivity index (χ0n) is 9.60. The molecule has 0 radical (unpaired) electrons. The highest BCUT2D eigenvalue weighted by atomic mass is 127. The molecule has 0 aliphatic carbocycles. The number of aromatic amines is 1. The molecular formula is C15H11IN2. The topological polar surface area (TPSA) is 28.1 Å². The van der Waals surface area contributed by atoms with Crippen LogP contribution in [-0.4, -0.2) is 11.2 Å². The number of halogens is 1. The molecule has 0 saturated heterocycles. The average molecular weight is 346 g/mol. The molecule has 1 aliphatic heterocycles. The van der Waals surface area contributed by atoms with Crippen molar-refractivity contribution in [3.63, 3.8) is 0 Å². The first-order valence-electron chi connectivity index (χ1n) is 5.69. The van der Waals surface area contributed by atoms with E-state index in [2.05, 4.69) is 62.9 Å². The van der Waals surface area contributed by atoms with E-state index in [0.29, 0.717) is 0 Å². The van der Waals surface area contributed by atoms with Crippen molar-refractivity contribution in [3.05, 3.63) is 75.3 Å². The Morgan fingerprint density at radius 1 is 1.11 bits per heavy atom. The van der Waals surface area contributed by atoms with Crippen LogP contribution in [0.2, 0.25) is 0 Å². The summed E-state index contributed by atoms with van der Waals surface area (Å²) < 4.78 is 1.23. The zero-order chi connectivity index (χ0) is 12.4. The van der Waals surface area contributed by atoms with Crippen molar-refractivity contribution >= 4 is 34.4 Å². The van der Waals surface area contributed by atoms with Gasteiger partial charge in [-0.2, -0.15) is 0 Å². The van der Waals surface area contributed by atoms with E-state index in [9.17, 15) is 0 Å². The molecule has 1 aromatic heterocycles. The van der Waals surface area contributed by atoms with Crippen LogP contribution in [-0.2, 0) is 0 Å². The number of allylic oxidation sites excluding steroid dienone is 2. The quantitative estimate of drug-likeness (QED) is 0.796. The third-order valence-corrected chi connectivity index (χ3v) is 3.53. The largest absolute Gasteiger partial charge is 0.361 e. The van der Waals surface area contributed by atoms with Gasteiger partial charge in [-0.3, -0.25) is 4.99 Å². The van der Waals surface area contributed by atoms with Crippen LogP contribution < -0.4 is 0 Å². The van der Waals surface area contributed by atoms with Crippen LogP contribution in [0.3, 0.4) is 0 Å². The van der Waals surface area contributed by atoms with Crippen molar-refractivity contribution in [1.29, 1.82) is 0 Å². The van der Waals surface area contributed by atoms with Crippen LogP contribution in [0.5, 0.6) is 0 Å². The Balaban J connectivity index is 2.18. The molecule has 1 aliphatic rings. The molecule has 0 bridgehead atoms. The van der Waals surface area contributed by atoms with Gasteiger partial charge in [-0.05, 0) is 64.6 Å². The predicted octanol–water partition coefficient (Wildman–Crippen LogP) is 4.02. The smallest absolute Gasteiger partial charge is 0.0729 e. The maximum Gasteiger partial charge on any atom is 0.0729 e. The van der Waals surface area contributed by atoms with Gasteiger partial charge in [-0.1, -0.05) is 12.1 Å². The average Bonchev–Trinajstić information content (AvgIpc) is 3.06. The molecule has 0 unspecified atom stereocenters. The van der Waals surface area contributed by atoms with E-state index in [1.54, 1.807) is 0 Å². The zero-order valence-corrected chi connectivity index (χ0v) is 11.8. The van der Waals surface area contributed by atoms with E-state index in [4.69, 9.17) is 0 Å². The minimum atomic E-state index is 0.999. The summed E-state index contributed by atoms with van der Waals surface area (Å²) in [7, 11) is 0. The molecule has 18 heavy (non-hydrogen) atoms. The van der Waals surface area contributed by atoms with E-state index in [1.165, 1.54) is 9.13 Å². The van der Waals surface area contributed by atoms with Gasteiger partial charge >= 0.3 is 0 Å². The molecule has 2 aromatic rings. The number of nitrogens with one attached hydrogen (secondary N) is 1. The Bertz CT molecular complexity index is 618. The summed E-state index contributed by atoms with van der Waals surface area (Å²) in [5.41, 5.74) is 4.41. The summed E-state index contributed by atoms with van der Waals surface area (Å²) >= 11 is 2.31. The van der Waals surface area contributed by atoms with Gasteiger partial charge in [-0.25, -0.2) is 0 Å². The minimum absolute atomic E-state index is 0.999. The van der Waals surface area contributed by atoms with E-state index in [-0.39, 0.29) is 0 Å². The molecule has 3 rings (SSSR count). The fraction of sp³-hybridized carbons (Fsp3) is 0. The fourth-order valence-electron chi connectivity index (χ4n) is 1.99. The summed E-state index contributed by atoms with van der Waals surface area (Å²) in [6.45, 7) is 0. The van der Waals surface area contributed by atoms with Crippen LogP contribution in [0.25, 0.3) is 5.57 Å². The van der Waals surface area contributed by atoms with Gasteiger partial charge in [0.15, 0.2) is 0 Å². The van der Waals surface area contributed by atoms with E-state index in [0.717, 1.165) is 17.0 Å². The molecule has 88 valence electrons. The molecular weight excluding hydrogens is 335 g/mol. The van der Waals surface area contributed by atoms with Crippen molar-refractivity contribution in [2.24, 2.45) is 4.99 Å². The Labute approximate surface area is 119 Å².